The first-order valence-corrected chi connectivity index (χ1v) is 7.87. The molecule has 2 N–H and O–H groups in total. The first-order chi connectivity index (χ1) is 10.7. The quantitative estimate of drug-likeness (QED) is 0.856. The second-order valence-electron chi connectivity index (χ2n) is 6.02. The lowest BCUT2D eigenvalue weighted by Crippen LogP contribution is -2.25. The second-order valence-corrected chi connectivity index (χ2v) is 6.02. The maximum atomic E-state index is 9.83. The van der Waals surface area contributed by atoms with Crippen LogP contribution in [0.1, 0.15) is 32.7 Å². The van der Waals surface area contributed by atoms with E-state index in [1.165, 1.54) is 19.2 Å². The number of imidazole rings is 1. The van der Waals surface area contributed by atoms with Gasteiger partial charge in [0, 0.05) is 13.1 Å². The first-order valence-electron chi connectivity index (χ1n) is 7.87. The Morgan fingerprint density at radius 2 is 2.18 bits per heavy atom. The van der Waals surface area contributed by atoms with Gasteiger partial charge in [0.15, 0.2) is 17.0 Å². The van der Waals surface area contributed by atoms with Crippen molar-refractivity contribution in [3.63, 3.8) is 0 Å². The third kappa shape index (κ3) is 2.55. The predicted molar refractivity (Wildman–Crippen MR) is 83.7 cm³/mol. The molecule has 0 aromatic carbocycles. The Hall–Kier alpha value is -1.73. The molecule has 3 rings (SSSR count). The number of hydrogen-bond acceptors (Lipinski definition) is 6. The molecular formula is C15H23N5O2. The standard InChI is InChI=1S/C15H23N5O2/c1-3-11-4-5-19(6-11)14-13-15(17-8-16-14)20(9-18-13)12(7-21)10(2)22/h8-12,21-22H,3-7H2,1-2H3/t10-,11?,12+/m1/s1. The summed E-state index contributed by atoms with van der Waals surface area (Å²) < 4.78 is 1.73. The van der Waals surface area contributed by atoms with Crippen LogP contribution in [-0.4, -0.2) is 55.5 Å². The normalized spacial score (nSPS) is 21.5. The number of fused-ring (bicyclic) bond motifs is 1. The molecule has 3 heterocycles. The van der Waals surface area contributed by atoms with Crippen molar-refractivity contribution >= 4 is 17.0 Å². The SMILES string of the molecule is CCC1CCN(c2ncnc3c2ncn3[C@@H](CO)[C@@H](C)O)C1. The molecular weight excluding hydrogens is 282 g/mol. The van der Waals surface area contributed by atoms with Gasteiger partial charge in [0.1, 0.15) is 6.33 Å². The van der Waals surface area contributed by atoms with Crippen LogP contribution >= 0.6 is 0 Å². The molecule has 7 heteroatoms. The minimum Gasteiger partial charge on any atom is -0.394 e. The van der Waals surface area contributed by atoms with Crippen LogP contribution in [0.25, 0.3) is 11.2 Å². The van der Waals surface area contributed by atoms with Crippen LogP contribution in [0.2, 0.25) is 0 Å². The summed E-state index contributed by atoms with van der Waals surface area (Å²) in [6.45, 7) is 5.69. The van der Waals surface area contributed by atoms with E-state index >= 15 is 0 Å². The molecule has 1 fully saturated rings. The van der Waals surface area contributed by atoms with Crippen molar-refractivity contribution in [3.05, 3.63) is 12.7 Å². The Kier molecular flexibility index (Phi) is 4.26. The first kappa shape index (κ1) is 15.2. The molecule has 1 aliphatic rings. The summed E-state index contributed by atoms with van der Waals surface area (Å²) in [5.74, 6) is 1.55. The van der Waals surface area contributed by atoms with Crippen molar-refractivity contribution < 1.29 is 10.2 Å². The predicted octanol–water partition coefficient (Wildman–Crippen LogP) is 0.977. The van der Waals surface area contributed by atoms with Gasteiger partial charge in [-0.15, -0.1) is 0 Å². The van der Waals surface area contributed by atoms with Crippen LogP contribution in [0.5, 0.6) is 0 Å². The van der Waals surface area contributed by atoms with Gasteiger partial charge in [0.2, 0.25) is 0 Å². The van der Waals surface area contributed by atoms with E-state index in [1.807, 2.05) is 0 Å². The molecule has 0 bridgehead atoms. The lowest BCUT2D eigenvalue weighted by molar-refractivity contribution is 0.0885. The van der Waals surface area contributed by atoms with Crippen LogP contribution in [0.3, 0.4) is 0 Å². The minimum atomic E-state index is -0.683. The highest BCUT2D eigenvalue weighted by Crippen LogP contribution is 2.29. The molecule has 2 aromatic rings. The molecule has 22 heavy (non-hydrogen) atoms. The van der Waals surface area contributed by atoms with E-state index in [-0.39, 0.29) is 6.61 Å². The maximum absolute atomic E-state index is 9.83. The van der Waals surface area contributed by atoms with Gasteiger partial charge in [-0.05, 0) is 19.3 Å². The summed E-state index contributed by atoms with van der Waals surface area (Å²) in [5, 5.41) is 19.3. The summed E-state index contributed by atoms with van der Waals surface area (Å²) >= 11 is 0. The summed E-state index contributed by atoms with van der Waals surface area (Å²) in [4.78, 5) is 15.4. The van der Waals surface area contributed by atoms with Gasteiger partial charge >= 0.3 is 0 Å². The maximum Gasteiger partial charge on any atom is 0.165 e. The molecule has 1 unspecified atom stereocenters. The Balaban J connectivity index is 1.99. The largest absolute Gasteiger partial charge is 0.394 e. The molecule has 120 valence electrons. The van der Waals surface area contributed by atoms with E-state index in [4.69, 9.17) is 0 Å². The molecule has 0 saturated carbocycles. The molecule has 1 aliphatic heterocycles. The number of aliphatic hydroxyl groups excluding tert-OH is 2. The van der Waals surface area contributed by atoms with Gasteiger partial charge in [-0.2, -0.15) is 0 Å². The second kappa shape index (κ2) is 6.18. The van der Waals surface area contributed by atoms with Crippen LogP contribution < -0.4 is 4.90 Å². The van der Waals surface area contributed by atoms with Crippen molar-refractivity contribution in [1.82, 2.24) is 19.5 Å². The molecule has 0 aliphatic carbocycles. The van der Waals surface area contributed by atoms with Crippen LogP contribution in [0, 0.1) is 5.92 Å². The zero-order valence-corrected chi connectivity index (χ0v) is 13.1. The van der Waals surface area contributed by atoms with Crippen molar-refractivity contribution in [1.29, 1.82) is 0 Å². The van der Waals surface area contributed by atoms with Crippen molar-refractivity contribution in [3.8, 4) is 0 Å². The zero-order chi connectivity index (χ0) is 15.7. The fraction of sp³-hybridized carbons (Fsp3) is 0.667. The van der Waals surface area contributed by atoms with E-state index in [1.54, 1.807) is 17.8 Å². The molecule has 3 atom stereocenters. The number of hydrogen-bond donors (Lipinski definition) is 2. The number of aromatic nitrogens is 4. The van der Waals surface area contributed by atoms with Gasteiger partial charge in [0.25, 0.3) is 0 Å². The summed E-state index contributed by atoms with van der Waals surface area (Å²) in [6.07, 6.45) is 4.83. The molecule has 0 spiro atoms. The van der Waals surface area contributed by atoms with Gasteiger partial charge in [-0.25, -0.2) is 15.0 Å². The van der Waals surface area contributed by atoms with Crippen molar-refractivity contribution in [2.24, 2.45) is 5.92 Å². The number of nitrogens with zero attached hydrogens (tertiary/aromatic N) is 5. The van der Waals surface area contributed by atoms with Gasteiger partial charge in [0.05, 0.1) is 25.1 Å². The van der Waals surface area contributed by atoms with Crippen LogP contribution in [-0.2, 0) is 0 Å². The lowest BCUT2D eigenvalue weighted by Gasteiger charge is -2.20. The van der Waals surface area contributed by atoms with E-state index in [2.05, 4.69) is 26.8 Å². The molecule has 0 amide bonds. The molecule has 7 nitrogen and oxygen atoms in total. The highest BCUT2D eigenvalue weighted by Gasteiger charge is 2.26. The van der Waals surface area contributed by atoms with E-state index < -0.39 is 12.1 Å². The number of anilines is 1. The zero-order valence-electron chi connectivity index (χ0n) is 13.1. The average Bonchev–Trinajstić information content (AvgIpc) is 3.14. The monoisotopic (exact) mass is 305 g/mol. The minimum absolute atomic E-state index is 0.163. The third-order valence-corrected chi connectivity index (χ3v) is 4.60. The highest BCUT2D eigenvalue weighted by atomic mass is 16.3. The molecule has 2 aromatic heterocycles. The third-order valence-electron chi connectivity index (χ3n) is 4.60. The van der Waals surface area contributed by atoms with Crippen molar-refractivity contribution in [2.75, 3.05) is 24.6 Å². The Bertz CT molecular complexity index is 642. The highest BCUT2D eigenvalue weighted by molar-refractivity contribution is 5.83. The number of rotatable bonds is 5. The Morgan fingerprint density at radius 3 is 2.82 bits per heavy atom. The molecule has 0 radical (unpaired) electrons. The fourth-order valence-corrected chi connectivity index (χ4v) is 3.14. The van der Waals surface area contributed by atoms with Gasteiger partial charge < -0.3 is 19.7 Å². The summed E-state index contributed by atoms with van der Waals surface area (Å²) in [6, 6.07) is -0.449. The lowest BCUT2D eigenvalue weighted by atomic mass is 10.1. The number of aliphatic hydroxyl groups is 2. The topological polar surface area (TPSA) is 87.3 Å². The van der Waals surface area contributed by atoms with E-state index in [0.717, 1.165) is 24.4 Å². The average molecular weight is 305 g/mol. The van der Waals surface area contributed by atoms with Crippen molar-refractivity contribution in [2.45, 2.75) is 38.8 Å². The summed E-state index contributed by atoms with van der Waals surface area (Å²) in [5.41, 5.74) is 1.39. The Labute approximate surface area is 129 Å². The Morgan fingerprint density at radius 1 is 1.36 bits per heavy atom. The molecule has 1 saturated heterocycles. The fourth-order valence-electron chi connectivity index (χ4n) is 3.14. The van der Waals surface area contributed by atoms with Gasteiger partial charge in [-0.3, -0.25) is 0 Å². The van der Waals surface area contributed by atoms with E-state index in [9.17, 15) is 10.2 Å². The van der Waals surface area contributed by atoms with E-state index in [0.29, 0.717) is 11.6 Å². The van der Waals surface area contributed by atoms with Gasteiger partial charge in [-0.1, -0.05) is 13.3 Å². The van der Waals surface area contributed by atoms with Crippen LogP contribution in [0.15, 0.2) is 12.7 Å². The summed E-state index contributed by atoms with van der Waals surface area (Å²) in [7, 11) is 0. The smallest absolute Gasteiger partial charge is 0.165 e. The van der Waals surface area contributed by atoms with Crippen LogP contribution in [0.4, 0.5) is 5.82 Å².